The lowest BCUT2D eigenvalue weighted by atomic mass is 10.2. The fourth-order valence-corrected chi connectivity index (χ4v) is 3.79. The molecule has 1 aromatic heterocycles. The number of amides is 1. The van der Waals surface area contributed by atoms with Gasteiger partial charge in [-0.3, -0.25) is 9.69 Å². The summed E-state index contributed by atoms with van der Waals surface area (Å²) in [7, 11) is 0. The van der Waals surface area contributed by atoms with Gasteiger partial charge in [-0.15, -0.1) is 5.10 Å². The summed E-state index contributed by atoms with van der Waals surface area (Å²) in [5.74, 6) is -0.0424. The van der Waals surface area contributed by atoms with Crippen molar-refractivity contribution in [2.45, 2.75) is 20.0 Å². The van der Waals surface area contributed by atoms with E-state index in [0.717, 1.165) is 41.5 Å². The third kappa shape index (κ3) is 4.49. The summed E-state index contributed by atoms with van der Waals surface area (Å²) in [6.07, 6.45) is 0. The Morgan fingerprint density at radius 1 is 0.966 bits per heavy atom. The zero-order valence-electron chi connectivity index (χ0n) is 16.5. The first-order valence-corrected chi connectivity index (χ1v) is 10.2. The highest BCUT2D eigenvalue weighted by Gasteiger charge is 2.26. The van der Waals surface area contributed by atoms with Gasteiger partial charge in [0, 0.05) is 37.7 Å². The molecule has 3 aromatic rings. The summed E-state index contributed by atoms with van der Waals surface area (Å²) in [5, 5.41) is 9.17. The molecule has 0 N–H and O–H groups in total. The molecule has 0 bridgehead atoms. The van der Waals surface area contributed by atoms with Gasteiger partial charge >= 0.3 is 0 Å². The van der Waals surface area contributed by atoms with Crippen molar-refractivity contribution in [2.24, 2.45) is 0 Å². The van der Waals surface area contributed by atoms with Gasteiger partial charge in [0.15, 0.2) is 5.69 Å². The predicted molar refractivity (Wildman–Crippen MR) is 113 cm³/mol. The monoisotopic (exact) mass is 409 g/mol. The zero-order chi connectivity index (χ0) is 20.2. The molecule has 1 fully saturated rings. The maximum absolute atomic E-state index is 13.0. The highest BCUT2D eigenvalue weighted by Crippen LogP contribution is 2.18. The molecule has 0 radical (unpaired) electrons. The topological polar surface area (TPSA) is 54.3 Å². The highest BCUT2D eigenvalue weighted by molar-refractivity contribution is 6.31. The summed E-state index contributed by atoms with van der Waals surface area (Å²) >= 11 is 6.27. The van der Waals surface area contributed by atoms with Crippen molar-refractivity contribution >= 4 is 17.5 Å². The molecule has 4 rings (SSSR count). The van der Waals surface area contributed by atoms with Crippen LogP contribution in [0.3, 0.4) is 0 Å². The molecule has 0 unspecified atom stereocenters. The van der Waals surface area contributed by atoms with Crippen LogP contribution < -0.4 is 0 Å². The maximum Gasteiger partial charge on any atom is 0.276 e. The normalized spacial score (nSPS) is 14.9. The Bertz CT molecular complexity index is 980. The number of aromatic nitrogens is 3. The van der Waals surface area contributed by atoms with E-state index in [2.05, 4.69) is 15.2 Å². The van der Waals surface area contributed by atoms with Crippen LogP contribution in [0.2, 0.25) is 5.02 Å². The molecule has 1 aliphatic heterocycles. The average Bonchev–Trinajstić information content (AvgIpc) is 3.11. The van der Waals surface area contributed by atoms with Gasteiger partial charge in [0.2, 0.25) is 0 Å². The molecule has 6 nitrogen and oxygen atoms in total. The molecule has 0 atom stereocenters. The molecular weight excluding hydrogens is 386 g/mol. The predicted octanol–water partition coefficient (Wildman–Crippen LogP) is 3.25. The molecular formula is C22H24ClN5O. The Morgan fingerprint density at radius 3 is 2.38 bits per heavy atom. The fraction of sp³-hybridized carbons (Fsp3) is 0.318. The van der Waals surface area contributed by atoms with Gasteiger partial charge in [0.25, 0.3) is 5.91 Å². The Labute approximate surface area is 175 Å². The third-order valence-corrected chi connectivity index (χ3v) is 5.74. The standard InChI is InChI=1S/C22H24ClN5O/c1-17-21(24-25-28(17)15-18-7-3-2-4-8-18)22(29)27-13-11-26(12-14-27)16-19-9-5-6-10-20(19)23/h2-10H,11-16H2,1H3. The lowest BCUT2D eigenvalue weighted by Gasteiger charge is -2.34. The quantitative estimate of drug-likeness (QED) is 0.649. The van der Waals surface area contributed by atoms with Crippen molar-refractivity contribution in [1.29, 1.82) is 0 Å². The van der Waals surface area contributed by atoms with Crippen molar-refractivity contribution in [3.8, 4) is 0 Å². The van der Waals surface area contributed by atoms with Crippen LogP contribution in [0, 0.1) is 6.92 Å². The minimum Gasteiger partial charge on any atom is -0.335 e. The van der Waals surface area contributed by atoms with Crippen molar-refractivity contribution in [2.75, 3.05) is 26.2 Å². The number of carbonyl (C=O) groups is 1. The number of piperazine rings is 1. The molecule has 7 heteroatoms. The molecule has 150 valence electrons. The van der Waals surface area contributed by atoms with E-state index in [9.17, 15) is 4.79 Å². The average molecular weight is 410 g/mol. The molecule has 1 aliphatic rings. The molecule has 0 aliphatic carbocycles. The van der Waals surface area contributed by atoms with Crippen LogP contribution >= 0.6 is 11.6 Å². The smallest absolute Gasteiger partial charge is 0.276 e. The number of carbonyl (C=O) groups excluding carboxylic acids is 1. The largest absolute Gasteiger partial charge is 0.335 e. The minimum absolute atomic E-state index is 0.0424. The van der Waals surface area contributed by atoms with E-state index in [1.54, 1.807) is 4.68 Å². The molecule has 2 heterocycles. The molecule has 1 saturated heterocycles. The number of nitrogens with zero attached hydrogens (tertiary/aromatic N) is 5. The number of hydrogen-bond acceptors (Lipinski definition) is 4. The Hall–Kier alpha value is -2.70. The van der Waals surface area contributed by atoms with Gasteiger partial charge < -0.3 is 4.90 Å². The molecule has 2 aromatic carbocycles. The second-order valence-electron chi connectivity index (χ2n) is 7.33. The van der Waals surface area contributed by atoms with Gasteiger partial charge in [-0.2, -0.15) is 0 Å². The van der Waals surface area contributed by atoms with E-state index in [1.807, 2.05) is 66.4 Å². The fourth-order valence-electron chi connectivity index (χ4n) is 3.59. The van der Waals surface area contributed by atoms with Gasteiger partial charge in [0.05, 0.1) is 12.2 Å². The Kier molecular flexibility index (Phi) is 5.92. The van der Waals surface area contributed by atoms with E-state index in [0.29, 0.717) is 25.3 Å². The van der Waals surface area contributed by atoms with Crippen molar-refractivity contribution in [3.63, 3.8) is 0 Å². The van der Waals surface area contributed by atoms with E-state index < -0.39 is 0 Å². The van der Waals surface area contributed by atoms with Crippen LogP contribution in [0.25, 0.3) is 0 Å². The van der Waals surface area contributed by atoms with Crippen LogP contribution in [0.5, 0.6) is 0 Å². The van der Waals surface area contributed by atoms with E-state index in [1.165, 1.54) is 0 Å². The maximum atomic E-state index is 13.0. The van der Waals surface area contributed by atoms with Crippen LogP contribution in [0.4, 0.5) is 0 Å². The van der Waals surface area contributed by atoms with E-state index in [-0.39, 0.29) is 5.91 Å². The zero-order valence-corrected chi connectivity index (χ0v) is 17.2. The Morgan fingerprint density at radius 2 is 1.66 bits per heavy atom. The van der Waals surface area contributed by atoms with Crippen LogP contribution in [-0.4, -0.2) is 56.9 Å². The van der Waals surface area contributed by atoms with Crippen LogP contribution in [0.15, 0.2) is 54.6 Å². The minimum atomic E-state index is -0.0424. The summed E-state index contributed by atoms with van der Waals surface area (Å²) in [5.41, 5.74) is 3.50. The van der Waals surface area contributed by atoms with Gasteiger partial charge in [-0.05, 0) is 24.1 Å². The molecule has 29 heavy (non-hydrogen) atoms. The number of halogens is 1. The van der Waals surface area contributed by atoms with E-state index >= 15 is 0 Å². The van der Waals surface area contributed by atoms with Crippen molar-refractivity contribution in [3.05, 3.63) is 82.1 Å². The van der Waals surface area contributed by atoms with Crippen LogP contribution in [0.1, 0.15) is 27.3 Å². The number of rotatable bonds is 5. The van der Waals surface area contributed by atoms with Gasteiger partial charge in [-0.1, -0.05) is 65.3 Å². The summed E-state index contributed by atoms with van der Waals surface area (Å²) in [6.45, 7) is 6.29. The summed E-state index contributed by atoms with van der Waals surface area (Å²) < 4.78 is 1.79. The lowest BCUT2D eigenvalue weighted by Crippen LogP contribution is -2.48. The number of benzene rings is 2. The first kappa shape index (κ1) is 19.6. The Balaban J connectivity index is 1.37. The number of hydrogen-bond donors (Lipinski definition) is 0. The van der Waals surface area contributed by atoms with Gasteiger partial charge in [-0.25, -0.2) is 4.68 Å². The lowest BCUT2D eigenvalue weighted by molar-refractivity contribution is 0.0622. The second-order valence-corrected chi connectivity index (χ2v) is 7.73. The second kappa shape index (κ2) is 8.76. The van der Waals surface area contributed by atoms with Crippen molar-refractivity contribution < 1.29 is 4.79 Å². The molecule has 0 spiro atoms. The summed E-state index contributed by atoms with van der Waals surface area (Å²) in [4.78, 5) is 17.2. The van der Waals surface area contributed by atoms with Crippen molar-refractivity contribution in [1.82, 2.24) is 24.8 Å². The first-order valence-electron chi connectivity index (χ1n) is 9.81. The molecule has 0 saturated carbocycles. The summed E-state index contributed by atoms with van der Waals surface area (Å²) in [6, 6.07) is 18.0. The first-order chi connectivity index (χ1) is 14.1. The SMILES string of the molecule is Cc1c(C(=O)N2CCN(Cc3ccccc3Cl)CC2)nnn1Cc1ccccc1. The van der Waals surface area contributed by atoms with Crippen LogP contribution in [-0.2, 0) is 13.1 Å². The van der Waals surface area contributed by atoms with Gasteiger partial charge in [0.1, 0.15) is 0 Å². The van der Waals surface area contributed by atoms with E-state index in [4.69, 9.17) is 11.6 Å². The molecule has 1 amide bonds. The highest BCUT2D eigenvalue weighted by atomic mass is 35.5. The third-order valence-electron chi connectivity index (χ3n) is 5.37.